The zero-order valence-electron chi connectivity index (χ0n) is 17.2. The lowest BCUT2D eigenvalue weighted by Gasteiger charge is -2.25. The van der Waals surface area contributed by atoms with Crippen LogP contribution in [0.1, 0.15) is 30.5 Å². The largest absolute Gasteiger partial charge is 0.507 e. The Morgan fingerprint density at radius 1 is 1.10 bits per heavy atom. The van der Waals surface area contributed by atoms with Crippen LogP contribution in [-0.4, -0.2) is 48.6 Å². The van der Waals surface area contributed by atoms with Crippen LogP contribution < -0.4 is 4.74 Å². The molecule has 1 aliphatic rings. The van der Waals surface area contributed by atoms with E-state index in [0.717, 1.165) is 6.42 Å². The molecule has 0 bridgehead atoms. The predicted molar refractivity (Wildman–Crippen MR) is 120 cm³/mol. The highest BCUT2D eigenvalue weighted by Crippen LogP contribution is 2.41. The van der Waals surface area contributed by atoms with Crippen LogP contribution >= 0.6 is 23.2 Å². The molecule has 1 fully saturated rings. The molecule has 0 spiro atoms. The van der Waals surface area contributed by atoms with Crippen molar-refractivity contribution in [3.8, 4) is 5.75 Å². The van der Waals surface area contributed by atoms with Crippen molar-refractivity contribution in [1.29, 1.82) is 0 Å². The number of aliphatic hydroxyl groups excluding tert-OH is 1. The van der Waals surface area contributed by atoms with Gasteiger partial charge in [0.05, 0.1) is 34.9 Å². The van der Waals surface area contributed by atoms with Gasteiger partial charge < -0.3 is 19.5 Å². The van der Waals surface area contributed by atoms with Crippen LogP contribution in [0.3, 0.4) is 0 Å². The number of benzene rings is 2. The normalized spacial score (nSPS) is 17.9. The Bertz CT molecular complexity index is 1020. The zero-order chi connectivity index (χ0) is 22.5. The molecule has 1 atom stereocenters. The van der Waals surface area contributed by atoms with E-state index in [2.05, 4.69) is 0 Å². The van der Waals surface area contributed by atoms with Gasteiger partial charge in [-0.25, -0.2) is 0 Å². The van der Waals surface area contributed by atoms with Crippen molar-refractivity contribution in [2.24, 2.45) is 0 Å². The van der Waals surface area contributed by atoms with Crippen LogP contribution in [-0.2, 0) is 14.3 Å². The molecule has 6 nitrogen and oxygen atoms in total. The number of amides is 1. The van der Waals surface area contributed by atoms with Gasteiger partial charge in [-0.2, -0.15) is 0 Å². The van der Waals surface area contributed by atoms with Gasteiger partial charge in [0, 0.05) is 19.2 Å². The first kappa shape index (κ1) is 23.1. The Morgan fingerprint density at radius 3 is 2.55 bits per heavy atom. The first-order valence-corrected chi connectivity index (χ1v) is 10.6. The van der Waals surface area contributed by atoms with Gasteiger partial charge >= 0.3 is 0 Å². The number of likely N-dealkylation sites (tertiary alicyclic amines) is 1. The van der Waals surface area contributed by atoms with Gasteiger partial charge in [0.15, 0.2) is 0 Å². The zero-order valence-corrected chi connectivity index (χ0v) is 18.7. The Labute approximate surface area is 191 Å². The maximum atomic E-state index is 12.9. The Balaban J connectivity index is 2.13. The fourth-order valence-corrected chi connectivity index (χ4v) is 3.74. The number of carbonyl (C=O) groups is 2. The molecule has 8 heteroatoms. The monoisotopic (exact) mass is 463 g/mol. The second-order valence-electron chi connectivity index (χ2n) is 7.04. The second-order valence-corrected chi connectivity index (χ2v) is 7.85. The Hall–Kier alpha value is -2.54. The summed E-state index contributed by atoms with van der Waals surface area (Å²) in [6.07, 6.45) is 0.831. The van der Waals surface area contributed by atoms with Crippen LogP contribution in [0.5, 0.6) is 5.75 Å². The number of Topliss-reactive ketones (excluding diaryl/α,β-unsaturated/α-hetero) is 1. The number of hydrogen-bond donors (Lipinski definition) is 1. The standard InChI is InChI=1S/C23H23Cl2NO5/c1-3-10-31-16-6-4-5-15(12-16)21(27)19-20(14-7-8-17(24)18(25)13-14)26(9-11-30-2)23(29)22(19)28/h4-8,12-13,20,27H,3,9-11H2,1-2H3/b21-19+. The molecule has 1 aliphatic heterocycles. The summed E-state index contributed by atoms with van der Waals surface area (Å²) in [6, 6.07) is 10.8. The number of nitrogens with zero attached hydrogens (tertiary/aromatic N) is 1. The minimum absolute atomic E-state index is 0.0212. The number of carbonyl (C=O) groups excluding carboxylic acids is 2. The number of hydrogen-bond acceptors (Lipinski definition) is 5. The second kappa shape index (κ2) is 10.2. The number of halogens is 2. The van der Waals surface area contributed by atoms with Crippen molar-refractivity contribution in [2.75, 3.05) is 26.9 Å². The molecular weight excluding hydrogens is 441 g/mol. The number of aliphatic hydroxyl groups is 1. The third-order valence-corrected chi connectivity index (χ3v) is 5.66. The van der Waals surface area contributed by atoms with E-state index >= 15 is 0 Å². The van der Waals surface area contributed by atoms with Crippen molar-refractivity contribution in [3.63, 3.8) is 0 Å². The highest BCUT2D eigenvalue weighted by atomic mass is 35.5. The van der Waals surface area contributed by atoms with E-state index in [0.29, 0.717) is 28.5 Å². The number of ether oxygens (including phenoxy) is 2. The third-order valence-electron chi connectivity index (χ3n) is 4.92. The van der Waals surface area contributed by atoms with Crippen LogP contribution in [0.15, 0.2) is 48.0 Å². The molecule has 2 aromatic rings. The minimum atomic E-state index is -0.829. The molecule has 0 aliphatic carbocycles. The van der Waals surface area contributed by atoms with Gasteiger partial charge in [-0.05, 0) is 36.2 Å². The summed E-state index contributed by atoms with van der Waals surface area (Å²) in [7, 11) is 1.51. The van der Waals surface area contributed by atoms with Crippen LogP contribution in [0, 0.1) is 0 Å². The molecule has 3 rings (SSSR count). The molecule has 1 heterocycles. The first-order chi connectivity index (χ1) is 14.9. The maximum absolute atomic E-state index is 12.9. The summed E-state index contributed by atoms with van der Waals surface area (Å²) in [6.45, 7) is 2.91. The summed E-state index contributed by atoms with van der Waals surface area (Å²) < 4.78 is 10.7. The van der Waals surface area contributed by atoms with Gasteiger partial charge in [0.2, 0.25) is 0 Å². The fraction of sp³-hybridized carbons (Fsp3) is 0.304. The predicted octanol–water partition coefficient (Wildman–Crippen LogP) is 4.85. The smallest absolute Gasteiger partial charge is 0.295 e. The molecule has 0 radical (unpaired) electrons. The van der Waals surface area contributed by atoms with Gasteiger partial charge in [0.25, 0.3) is 11.7 Å². The van der Waals surface area contributed by atoms with Crippen molar-refractivity contribution in [2.45, 2.75) is 19.4 Å². The Morgan fingerprint density at radius 2 is 1.87 bits per heavy atom. The molecule has 1 unspecified atom stereocenters. The molecule has 1 amide bonds. The number of methoxy groups -OCH3 is 1. The van der Waals surface area contributed by atoms with E-state index < -0.39 is 17.7 Å². The molecule has 31 heavy (non-hydrogen) atoms. The molecule has 2 aromatic carbocycles. The topological polar surface area (TPSA) is 76.1 Å². The van der Waals surface area contributed by atoms with Gasteiger partial charge in [-0.3, -0.25) is 9.59 Å². The van der Waals surface area contributed by atoms with Gasteiger partial charge in [0.1, 0.15) is 11.5 Å². The first-order valence-electron chi connectivity index (χ1n) is 9.84. The van der Waals surface area contributed by atoms with E-state index in [1.807, 2.05) is 6.92 Å². The lowest BCUT2D eigenvalue weighted by atomic mass is 9.95. The molecule has 164 valence electrons. The average Bonchev–Trinajstić information content (AvgIpc) is 3.02. The number of ketones is 1. The highest BCUT2D eigenvalue weighted by molar-refractivity contribution is 6.46. The summed E-state index contributed by atoms with van der Waals surface area (Å²) in [5, 5.41) is 11.7. The van der Waals surface area contributed by atoms with Gasteiger partial charge in [-0.1, -0.05) is 48.3 Å². The van der Waals surface area contributed by atoms with Gasteiger partial charge in [-0.15, -0.1) is 0 Å². The van der Waals surface area contributed by atoms with Crippen molar-refractivity contribution < 1.29 is 24.2 Å². The lowest BCUT2D eigenvalue weighted by Crippen LogP contribution is -2.32. The van der Waals surface area contributed by atoms with Crippen molar-refractivity contribution >= 4 is 40.7 Å². The van der Waals surface area contributed by atoms with E-state index in [4.69, 9.17) is 32.7 Å². The quantitative estimate of drug-likeness (QED) is 0.344. The van der Waals surface area contributed by atoms with E-state index in [1.54, 1.807) is 42.5 Å². The fourth-order valence-electron chi connectivity index (χ4n) is 3.44. The lowest BCUT2D eigenvalue weighted by molar-refractivity contribution is -0.140. The van der Waals surface area contributed by atoms with Crippen LogP contribution in [0.25, 0.3) is 5.76 Å². The summed E-state index contributed by atoms with van der Waals surface area (Å²) in [5.41, 5.74) is 0.917. The van der Waals surface area contributed by atoms with E-state index in [-0.39, 0.29) is 29.5 Å². The molecular formula is C23H23Cl2NO5. The van der Waals surface area contributed by atoms with Crippen LogP contribution in [0.2, 0.25) is 10.0 Å². The summed E-state index contributed by atoms with van der Waals surface area (Å²) in [4.78, 5) is 27.1. The van der Waals surface area contributed by atoms with Crippen LogP contribution in [0.4, 0.5) is 0 Å². The molecule has 0 aromatic heterocycles. The van der Waals surface area contributed by atoms with E-state index in [1.165, 1.54) is 12.0 Å². The maximum Gasteiger partial charge on any atom is 0.295 e. The summed E-state index contributed by atoms with van der Waals surface area (Å²) >= 11 is 12.2. The highest BCUT2D eigenvalue weighted by Gasteiger charge is 2.46. The van der Waals surface area contributed by atoms with E-state index in [9.17, 15) is 14.7 Å². The Kier molecular flexibility index (Phi) is 7.59. The average molecular weight is 464 g/mol. The van der Waals surface area contributed by atoms with Crippen molar-refractivity contribution in [3.05, 3.63) is 69.2 Å². The SMILES string of the molecule is CCCOc1cccc(/C(O)=C2\C(=O)C(=O)N(CCOC)C2c2ccc(Cl)c(Cl)c2)c1. The summed E-state index contributed by atoms with van der Waals surface area (Å²) in [5.74, 6) is -1.21. The number of rotatable bonds is 8. The van der Waals surface area contributed by atoms with Crippen molar-refractivity contribution in [1.82, 2.24) is 4.90 Å². The molecule has 1 N–H and O–H groups in total. The molecule has 1 saturated heterocycles. The minimum Gasteiger partial charge on any atom is -0.507 e. The third kappa shape index (κ3) is 4.87. The molecule has 0 saturated carbocycles.